The van der Waals surface area contributed by atoms with Crippen molar-refractivity contribution in [1.82, 2.24) is 0 Å². The topological polar surface area (TPSA) is 91.0 Å². The zero-order valence-electron chi connectivity index (χ0n) is 15.1. The molecule has 0 saturated heterocycles. The van der Waals surface area contributed by atoms with E-state index < -0.39 is 11.6 Å². The quantitative estimate of drug-likeness (QED) is 0.284. The number of fused-ring (bicyclic) bond motifs is 1. The summed E-state index contributed by atoms with van der Waals surface area (Å²) in [6.07, 6.45) is 1.94. The van der Waals surface area contributed by atoms with Crippen LogP contribution in [0.1, 0.15) is 48.8 Å². The molecule has 1 saturated carbocycles. The molecule has 0 amide bonds. The lowest BCUT2D eigenvalue weighted by molar-refractivity contribution is -0.153. The number of hydrogen-bond acceptors (Lipinski definition) is 6. The van der Waals surface area contributed by atoms with Crippen molar-refractivity contribution in [3.8, 4) is 0 Å². The van der Waals surface area contributed by atoms with E-state index in [0.29, 0.717) is 16.3 Å². The summed E-state index contributed by atoms with van der Waals surface area (Å²) in [4.78, 5) is 30.5. The average Bonchev–Trinajstić information content (AvgIpc) is 3.32. The normalized spacial score (nSPS) is 15.1. The standard InChI is InChI=1S/C19H22N2O4S/c1-19(2,3)24-15(22)10-14-16(12-6-4-5-7-13(12)26-14)18(23)25-21-17(20)11-8-9-11/h4-7,11H,8-10H2,1-3H3,(H2,20,21). The lowest BCUT2D eigenvalue weighted by Gasteiger charge is -2.19. The lowest BCUT2D eigenvalue weighted by Crippen LogP contribution is -2.25. The summed E-state index contributed by atoms with van der Waals surface area (Å²) in [5.74, 6) is -0.446. The smallest absolute Gasteiger partial charge is 0.367 e. The predicted octanol–water partition coefficient (Wildman–Crippen LogP) is 3.62. The third-order valence-corrected chi connectivity index (χ3v) is 5.00. The third kappa shape index (κ3) is 4.40. The largest absolute Gasteiger partial charge is 0.460 e. The maximum atomic E-state index is 12.6. The molecule has 6 nitrogen and oxygen atoms in total. The molecular weight excluding hydrogens is 352 g/mol. The van der Waals surface area contributed by atoms with Gasteiger partial charge in [0.05, 0.1) is 12.0 Å². The second-order valence-corrected chi connectivity index (χ2v) is 8.47. The van der Waals surface area contributed by atoms with Gasteiger partial charge in [0.1, 0.15) is 11.4 Å². The number of rotatable bonds is 5. The first-order valence-corrected chi connectivity index (χ1v) is 9.33. The van der Waals surface area contributed by atoms with Gasteiger partial charge in [0, 0.05) is 20.9 Å². The summed E-state index contributed by atoms with van der Waals surface area (Å²) in [5, 5.41) is 4.50. The first kappa shape index (κ1) is 18.4. The minimum atomic E-state index is -0.607. The fourth-order valence-electron chi connectivity index (χ4n) is 2.55. The number of nitrogens with two attached hydrogens (primary N) is 1. The number of ether oxygens (including phenoxy) is 1. The number of nitrogens with zero attached hydrogens (tertiary/aromatic N) is 1. The highest BCUT2D eigenvalue weighted by molar-refractivity contribution is 7.19. The van der Waals surface area contributed by atoms with E-state index in [2.05, 4.69) is 5.16 Å². The van der Waals surface area contributed by atoms with Gasteiger partial charge in [-0.25, -0.2) is 4.79 Å². The Kier molecular flexibility index (Phi) is 5.00. The number of carbonyl (C=O) groups is 2. The van der Waals surface area contributed by atoms with Crippen LogP contribution >= 0.6 is 11.3 Å². The number of amidine groups is 1. The van der Waals surface area contributed by atoms with Crippen LogP contribution in [0.5, 0.6) is 0 Å². The van der Waals surface area contributed by atoms with Crippen molar-refractivity contribution >= 4 is 39.2 Å². The second-order valence-electron chi connectivity index (χ2n) is 7.33. The van der Waals surface area contributed by atoms with Crippen molar-refractivity contribution in [2.24, 2.45) is 16.8 Å². The Morgan fingerprint density at radius 2 is 1.96 bits per heavy atom. The van der Waals surface area contributed by atoms with E-state index in [-0.39, 0.29) is 18.3 Å². The van der Waals surface area contributed by atoms with E-state index >= 15 is 0 Å². The van der Waals surface area contributed by atoms with Crippen LogP contribution in [0.15, 0.2) is 29.4 Å². The first-order chi connectivity index (χ1) is 12.2. The van der Waals surface area contributed by atoms with Crippen LogP contribution in [-0.2, 0) is 20.8 Å². The third-order valence-electron chi connectivity index (χ3n) is 3.83. The molecule has 1 aliphatic rings. The number of hydrogen-bond donors (Lipinski definition) is 1. The van der Waals surface area contributed by atoms with Crippen LogP contribution in [-0.4, -0.2) is 23.4 Å². The van der Waals surface area contributed by atoms with Crippen LogP contribution in [0.2, 0.25) is 0 Å². The highest BCUT2D eigenvalue weighted by Crippen LogP contribution is 2.33. The Labute approximate surface area is 156 Å². The van der Waals surface area contributed by atoms with Gasteiger partial charge >= 0.3 is 11.9 Å². The number of benzene rings is 1. The summed E-state index contributed by atoms with van der Waals surface area (Å²) < 4.78 is 6.28. The van der Waals surface area contributed by atoms with Crippen LogP contribution in [0, 0.1) is 5.92 Å². The summed E-state index contributed by atoms with van der Waals surface area (Å²) in [7, 11) is 0. The highest BCUT2D eigenvalue weighted by atomic mass is 32.1. The number of oxime groups is 1. The fourth-order valence-corrected chi connectivity index (χ4v) is 3.72. The number of carbonyl (C=O) groups excluding carboxylic acids is 2. The Bertz CT molecular complexity index is 875. The van der Waals surface area contributed by atoms with Crippen molar-refractivity contribution < 1.29 is 19.2 Å². The maximum absolute atomic E-state index is 12.6. The van der Waals surface area contributed by atoms with E-state index in [1.54, 1.807) is 20.8 Å². The molecule has 1 heterocycles. The minimum absolute atomic E-state index is 0.00285. The van der Waals surface area contributed by atoms with Gasteiger partial charge in [0.25, 0.3) is 0 Å². The van der Waals surface area contributed by atoms with E-state index in [0.717, 1.165) is 22.9 Å². The van der Waals surface area contributed by atoms with Gasteiger partial charge in [-0.3, -0.25) is 4.79 Å². The molecule has 1 aliphatic carbocycles. The number of esters is 1. The molecule has 0 spiro atoms. The van der Waals surface area contributed by atoms with Crippen molar-refractivity contribution in [3.05, 3.63) is 34.7 Å². The highest BCUT2D eigenvalue weighted by Gasteiger charge is 2.28. The predicted molar refractivity (Wildman–Crippen MR) is 101 cm³/mol. The van der Waals surface area contributed by atoms with E-state index in [4.69, 9.17) is 15.3 Å². The van der Waals surface area contributed by atoms with Crippen LogP contribution in [0.25, 0.3) is 10.1 Å². The van der Waals surface area contributed by atoms with E-state index in [9.17, 15) is 9.59 Å². The van der Waals surface area contributed by atoms with Crippen LogP contribution < -0.4 is 5.73 Å². The summed E-state index contributed by atoms with van der Waals surface area (Å²) in [6.45, 7) is 5.42. The van der Waals surface area contributed by atoms with Gasteiger partial charge in [0.2, 0.25) is 0 Å². The summed E-state index contributed by atoms with van der Waals surface area (Å²) in [6, 6.07) is 7.45. The molecule has 7 heteroatoms. The van der Waals surface area contributed by atoms with Gasteiger partial charge in [-0.2, -0.15) is 0 Å². The molecule has 0 radical (unpaired) electrons. The van der Waals surface area contributed by atoms with Gasteiger partial charge in [-0.15, -0.1) is 11.3 Å². The van der Waals surface area contributed by atoms with Crippen molar-refractivity contribution in [2.45, 2.75) is 45.6 Å². The molecule has 0 unspecified atom stereocenters. The van der Waals surface area contributed by atoms with Crippen molar-refractivity contribution in [3.63, 3.8) is 0 Å². The molecule has 0 atom stereocenters. The average molecular weight is 374 g/mol. The van der Waals surface area contributed by atoms with Gasteiger partial charge in [0.15, 0.2) is 0 Å². The molecule has 2 N–H and O–H groups in total. The van der Waals surface area contributed by atoms with Crippen molar-refractivity contribution in [2.75, 3.05) is 0 Å². The fraction of sp³-hybridized carbons (Fsp3) is 0.421. The maximum Gasteiger partial charge on any atom is 0.367 e. The minimum Gasteiger partial charge on any atom is -0.460 e. The Balaban J connectivity index is 1.87. The molecule has 1 aromatic carbocycles. The van der Waals surface area contributed by atoms with Crippen LogP contribution in [0.3, 0.4) is 0 Å². The Hall–Kier alpha value is -2.41. The molecule has 26 heavy (non-hydrogen) atoms. The van der Waals surface area contributed by atoms with Crippen molar-refractivity contribution in [1.29, 1.82) is 0 Å². The molecule has 0 aliphatic heterocycles. The van der Waals surface area contributed by atoms with Gasteiger partial charge in [-0.05, 0) is 39.7 Å². The number of thiophene rings is 1. The lowest BCUT2D eigenvalue weighted by atomic mass is 10.1. The summed E-state index contributed by atoms with van der Waals surface area (Å²) >= 11 is 1.38. The zero-order chi connectivity index (χ0) is 18.9. The zero-order valence-corrected chi connectivity index (χ0v) is 15.9. The Morgan fingerprint density at radius 3 is 2.62 bits per heavy atom. The molecule has 1 fully saturated rings. The molecule has 0 bridgehead atoms. The van der Waals surface area contributed by atoms with Gasteiger partial charge < -0.3 is 15.3 Å². The monoisotopic (exact) mass is 374 g/mol. The summed E-state index contributed by atoms with van der Waals surface area (Å²) in [5.41, 5.74) is 5.55. The molecule has 3 rings (SSSR count). The van der Waals surface area contributed by atoms with E-state index in [1.807, 2.05) is 24.3 Å². The molecular formula is C19H22N2O4S. The molecule has 2 aromatic rings. The molecule has 1 aromatic heterocycles. The second kappa shape index (κ2) is 7.07. The first-order valence-electron chi connectivity index (χ1n) is 8.51. The SMILES string of the molecule is CC(C)(C)OC(=O)Cc1sc2ccccc2c1C(=O)O/N=C(\N)C1CC1. The Morgan fingerprint density at radius 1 is 1.27 bits per heavy atom. The van der Waals surface area contributed by atoms with E-state index in [1.165, 1.54) is 11.3 Å². The molecule has 138 valence electrons. The van der Waals surface area contributed by atoms with Crippen LogP contribution in [0.4, 0.5) is 0 Å². The van der Waals surface area contributed by atoms with Gasteiger partial charge in [-0.1, -0.05) is 23.4 Å².